The van der Waals surface area contributed by atoms with Crippen LogP contribution in [-0.4, -0.2) is 21.0 Å². The number of nitro benzene ring substituents is 1. The van der Waals surface area contributed by atoms with Crippen molar-refractivity contribution >= 4 is 12.0 Å². The topological polar surface area (TPSA) is 78.0 Å². The predicted octanol–water partition coefficient (Wildman–Crippen LogP) is 1.59. The van der Waals surface area contributed by atoms with Crippen LogP contribution < -0.4 is 0 Å². The fourth-order valence-corrected chi connectivity index (χ4v) is 1.37. The molecule has 0 saturated heterocycles. The first-order valence-electron chi connectivity index (χ1n) is 4.46. The molecule has 6 heteroatoms. The molecule has 1 aromatic heterocycles. The maximum Gasteiger partial charge on any atom is 0.270 e. The minimum atomic E-state index is -0.542. The highest BCUT2D eigenvalue weighted by Crippen LogP contribution is 2.19. The van der Waals surface area contributed by atoms with Gasteiger partial charge in [-0.3, -0.25) is 14.9 Å². The summed E-state index contributed by atoms with van der Waals surface area (Å²) in [5.74, 6) is 0. The van der Waals surface area contributed by atoms with E-state index in [4.69, 9.17) is 0 Å². The Hall–Kier alpha value is -2.50. The Bertz CT molecular complexity index is 534. The molecule has 0 unspecified atom stereocenters. The molecule has 0 spiro atoms. The summed E-state index contributed by atoms with van der Waals surface area (Å²) in [6.45, 7) is 0. The summed E-state index contributed by atoms with van der Waals surface area (Å²) in [7, 11) is 0. The smallest absolute Gasteiger partial charge is 0.270 e. The van der Waals surface area contributed by atoms with Gasteiger partial charge in [0.1, 0.15) is 0 Å². The summed E-state index contributed by atoms with van der Waals surface area (Å²) in [4.78, 5) is 20.8. The van der Waals surface area contributed by atoms with Crippen molar-refractivity contribution in [2.45, 2.75) is 0 Å². The summed E-state index contributed by atoms with van der Waals surface area (Å²) in [5, 5.41) is 14.5. The van der Waals surface area contributed by atoms with Gasteiger partial charge in [-0.25, -0.2) is 4.68 Å². The van der Waals surface area contributed by atoms with Crippen LogP contribution >= 0.6 is 0 Å². The predicted molar refractivity (Wildman–Crippen MR) is 55.6 cm³/mol. The van der Waals surface area contributed by atoms with E-state index in [2.05, 4.69) is 5.10 Å². The third-order valence-corrected chi connectivity index (χ3v) is 2.10. The van der Waals surface area contributed by atoms with Gasteiger partial charge in [0, 0.05) is 30.1 Å². The number of hydrogen-bond acceptors (Lipinski definition) is 4. The van der Waals surface area contributed by atoms with Gasteiger partial charge in [0.2, 0.25) is 0 Å². The van der Waals surface area contributed by atoms with Crippen molar-refractivity contribution in [3.63, 3.8) is 0 Å². The molecule has 80 valence electrons. The lowest BCUT2D eigenvalue weighted by Gasteiger charge is -2.03. The fraction of sp³-hybridized carbons (Fsp3) is 0. The number of nitro groups is 1. The Morgan fingerprint density at radius 1 is 1.44 bits per heavy atom. The normalized spacial score (nSPS) is 10.0. The van der Waals surface area contributed by atoms with Gasteiger partial charge in [0.25, 0.3) is 5.69 Å². The Morgan fingerprint density at radius 2 is 2.25 bits per heavy atom. The molecule has 0 saturated carbocycles. The number of carbonyl (C=O) groups excluding carboxylic acids is 1. The zero-order valence-electron chi connectivity index (χ0n) is 8.11. The molecule has 1 aromatic carbocycles. The van der Waals surface area contributed by atoms with Gasteiger partial charge in [-0.2, -0.15) is 5.10 Å². The fourth-order valence-electron chi connectivity index (χ4n) is 1.37. The third-order valence-electron chi connectivity index (χ3n) is 2.10. The van der Waals surface area contributed by atoms with Crippen LogP contribution in [0.25, 0.3) is 5.69 Å². The SMILES string of the molecule is O=Cc1cc([N+](=O)[O-])ccc1-n1cccn1. The van der Waals surface area contributed by atoms with Gasteiger partial charge in [-0.1, -0.05) is 0 Å². The number of rotatable bonds is 3. The van der Waals surface area contributed by atoms with Gasteiger partial charge in [-0.15, -0.1) is 0 Å². The minimum absolute atomic E-state index is 0.113. The van der Waals surface area contributed by atoms with Crippen molar-refractivity contribution in [3.05, 3.63) is 52.3 Å². The maximum atomic E-state index is 10.8. The van der Waals surface area contributed by atoms with Crippen molar-refractivity contribution in [2.75, 3.05) is 0 Å². The molecule has 16 heavy (non-hydrogen) atoms. The van der Waals surface area contributed by atoms with Gasteiger partial charge < -0.3 is 0 Å². The summed E-state index contributed by atoms with van der Waals surface area (Å²) in [5.41, 5.74) is 0.640. The van der Waals surface area contributed by atoms with Crippen LogP contribution in [0.4, 0.5) is 5.69 Å². The molecule has 2 aromatic rings. The van der Waals surface area contributed by atoms with Crippen molar-refractivity contribution in [2.24, 2.45) is 0 Å². The highest BCUT2D eigenvalue weighted by atomic mass is 16.6. The zero-order chi connectivity index (χ0) is 11.5. The Kier molecular flexibility index (Phi) is 2.47. The number of benzene rings is 1. The van der Waals surface area contributed by atoms with Gasteiger partial charge in [0.05, 0.1) is 10.6 Å². The molecule has 0 fully saturated rings. The van der Waals surface area contributed by atoms with E-state index in [0.29, 0.717) is 12.0 Å². The van der Waals surface area contributed by atoms with Gasteiger partial charge >= 0.3 is 0 Å². The second-order valence-corrected chi connectivity index (χ2v) is 3.07. The molecule has 0 bridgehead atoms. The van der Waals surface area contributed by atoms with Crippen LogP contribution in [-0.2, 0) is 0 Å². The van der Waals surface area contributed by atoms with E-state index >= 15 is 0 Å². The number of carbonyl (C=O) groups is 1. The first kappa shape index (κ1) is 10.0. The van der Waals surface area contributed by atoms with Crippen LogP contribution in [0.1, 0.15) is 10.4 Å². The maximum absolute atomic E-state index is 10.8. The summed E-state index contributed by atoms with van der Waals surface area (Å²) in [6, 6.07) is 5.76. The van der Waals surface area contributed by atoms with Gasteiger partial charge in [0.15, 0.2) is 6.29 Å². The lowest BCUT2D eigenvalue weighted by Crippen LogP contribution is -2.00. The molecular formula is C10H7N3O3. The monoisotopic (exact) mass is 217 g/mol. The minimum Gasteiger partial charge on any atom is -0.298 e. The highest BCUT2D eigenvalue weighted by molar-refractivity contribution is 5.82. The van der Waals surface area contributed by atoms with Crippen LogP contribution in [0.2, 0.25) is 0 Å². The standard InChI is InChI=1S/C10H7N3O3/c14-7-8-6-9(13(15)16)2-3-10(8)12-5-1-4-11-12/h1-7H. The first-order valence-corrected chi connectivity index (χ1v) is 4.46. The van der Waals surface area contributed by atoms with E-state index in [9.17, 15) is 14.9 Å². The quantitative estimate of drug-likeness (QED) is 0.444. The molecule has 0 atom stereocenters. The molecule has 6 nitrogen and oxygen atoms in total. The molecule has 2 rings (SSSR count). The lowest BCUT2D eigenvalue weighted by atomic mass is 10.2. The van der Waals surface area contributed by atoms with Crippen LogP contribution in [0.3, 0.4) is 0 Å². The van der Waals surface area contributed by atoms with E-state index < -0.39 is 4.92 Å². The number of aldehydes is 1. The van der Waals surface area contributed by atoms with Gasteiger partial charge in [-0.05, 0) is 12.1 Å². The van der Waals surface area contributed by atoms with Crippen molar-refractivity contribution in [3.8, 4) is 5.69 Å². The Labute approximate surface area is 90.3 Å². The van der Waals surface area contributed by atoms with Crippen LogP contribution in [0, 0.1) is 10.1 Å². The van der Waals surface area contributed by atoms with E-state index in [1.165, 1.54) is 22.9 Å². The average Bonchev–Trinajstić information content (AvgIpc) is 2.81. The number of non-ortho nitro benzene ring substituents is 1. The molecule has 0 amide bonds. The molecule has 0 aliphatic carbocycles. The second-order valence-electron chi connectivity index (χ2n) is 3.07. The number of nitrogens with zero attached hydrogens (tertiary/aromatic N) is 3. The van der Waals surface area contributed by atoms with Crippen molar-refractivity contribution < 1.29 is 9.72 Å². The third kappa shape index (κ3) is 1.68. The van der Waals surface area contributed by atoms with Crippen LogP contribution in [0.5, 0.6) is 0 Å². The lowest BCUT2D eigenvalue weighted by molar-refractivity contribution is -0.384. The summed E-state index contributed by atoms with van der Waals surface area (Å²) >= 11 is 0. The molecule has 0 aliphatic heterocycles. The van der Waals surface area contributed by atoms with E-state index in [1.807, 2.05) is 0 Å². The molecule has 0 aliphatic rings. The van der Waals surface area contributed by atoms with E-state index in [0.717, 1.165) is 0 Å². The molecule has 0 N–H and O–H groups in total. The zero-order valence-corrected chi connectivity index (χ0v) is 8.11. The van der Waals surface area contributed by atoms with Crippen molar-refractivity contribution in [1.29, 1.82) is 0 Å². The van der Waals surface area contributed by atoms with E-state index in [1.54, 1.807) is 18.5 Å². The summed E-state index contributed by atoms with van der Waals surface area (Å²) in [6.07, 6.45) is 3.80. The molecular weight excluding hydrogens is 210 g/mol. The number of aromatic nitrogens is 2. The number of hydrogen-bond donors (Lipinski definition) is 0. The van der Waals surface area contributed by atoms with E-state index in [-0.39, 0.29) is 11.3 Å². The second kappa shape index (κ2) is 3.93. The van der Waals surface area contributed by atoms with Crippen LogP contribution in [0.15, 0.2) is 36.7 Å². The summed E-state index contributed by atoms with van der Waals surface area (Å²) < 4.78 is 1.48. The largest absolute Gasteiger partial charge is 0.298 e. The van der Waals surface area contributed by atoms with Crippen molar-refractivity contribution in [1.82, 2.24) is 9.78 Å². The molecule has 0 radical (unpaired) electrons. The average molecular weight is 217 g/mol. The molecule has 1 heterocycles. The Balaban J connectivity index is 2.56. The Morgan fingerprint density at radius 3 is 2.81 bits per heavy atom. The first-order chi connectivity index (χ1) is 7.72. The highest BCUT2D eigenvalue weighted by Gasteiger charge is 2.11.